The normalized spacial score (nSPS) is 9.18. The van der Waals surface area contributed by atoms with Crippen LogP contribution in [-0.4, -0.2) is 6.54 Å². The van der Waals surface area contributed by atoms with Crippen molar-refractivity contribution in [2.75, 3.05) is 11.4 Å². The molecule has 88 valence electrons. The van der Waals surface area contributed by atoms with Crippen LogP contribution in [0.1, 0.15) is 7.43 Å². The third kappa shape index (κ3) is 3.22. The maximum absolute atomic E-state index is 3.81. The topological polar surface area (TPSA) is 3.24 Å². The highest BCUT2D eigenvalue weighted by Gasteiger charge is 2.05. The van der Waals surface area contributed by atoms with Crippen LogP contribution in [0.2, 0.25) is 0 Å². The summed E-state index contributed by atoms with van der Waals surface area (Å²) in [5.41, 5.74) is 2.38. The van der Waals surface area contributed by atoms with Gasteiger partial charge in [0, 0.05) is 17.9 Å². The average Bonchev–Trinajstić information content (AvgIpc) is 2.38. The zero-order chi connectivity index (χ0) is 11.2. The Morgan fingerprint density at radius 2 is 1.24 bits per heavy atom. The van der Waals surface area contributed by atoms with Crippen LogP contribution in [0, 0.1) is 0 Å². The molecule has 0 aliphatic rings. The van der Waals surface area contributed by atoms with Crippen molar-refractivity contribution in [3.05, 3.63) is 73.3 Å². The van der Waals surface area contributed by atoms with Gasteiger partial charge in [-0.1, -0.05) is 49.9 Å². The molecular weight excluding hydrogens is 206 g/mol. The van der Waals surface area contributed by atoms with Gasteiger partial charge in [-0.05, 0) is 24.3 Å². The number of benzene rings is 2. The molecule has 1 heteroatoms. The molecule has 0 heterocycles. The number of hydrogen-bond donors (Lipinski definition) is 0. The van der Waals surface area contributed by atoms with Crippen molar-refractivity contribution in [1.29, 1.82) is 0 Å². The lowest BCUT2D eigenvalue weighted by molar-refractivity contribution is 1.10. The lowest BCUT2D eigenvalue weighted by Crippen LogP contribution is -2.16. The molecular formula is C16H19N. The first kappa shape index (κ1) is 13.0. The Bertz CT molecular complexity index is 394. The fourth-order valence-corrected chi connectivity index (χ4v) is 1.70. The van der Waals surface area contributed by atoms with Crippen LogP contribution in [-0.2, 0) is 0 Å². The predicted molar refractivity (Wildman–Crippen MR) is 76.8 cm³/mol. The van der Waals surface area contributed by atoms with Gasteiger partial charge in [0.2, 0.25) is 0 Å². The third-order valence-corrected chi connectivity index (χ3v) is 2.45. The second-order valence-electron chi connectivity index (χ2n) is 3.57. The highest BCUT2D eigenvalue weighted by atomic mass is 15.1. The lowest BCUT2D eigenvalue weighted by Gasteiger charge is -2.23. The number of para-hydroxylation sites is 2. The van der Waals surface area contributed by atoms with Gasteiger partial charge in [-0.15, -0.1) is 6.58 Å². The Morgan fingerprint density at radius 1 is 0.824 bits per heavy atom. The van der Waals surface area contributed by atoms with Crippen LogP contribution in [0.25, 0.3) is 0 Å². The van der Waals surface area contributed by atoms with E-state index in [-0.39, 0.29) is 7.43 Å². The summed E-state index contributed by atoms with van der Waals surface area (Å²) in [4.78, 5) is 2.23. The second-order valence-corrected chi connectivity index (χ2v) is 3.57. The fourth-order valence-electron chi connectivity index (χ4n) is 1.70. The van der Waals surface area contributed by atoms with E-state index >= 15 is 0 Å². The molecule has 0 bridgehead atoms. The summed E-state index contributed by atoms with van der Waals surface area (Å²) in [5.74, 6) is 0. The molecule has 2 aromatic rings. The molecule has 0 unspecified atom stereocenters. The lowest BCUT2D eigenvalue weighted by atomic mass is 10.2. The largest absolute Gasteiger partial charge is 0.338 e. The smallest absolute Gasteiger partial charge is 0.0413 e. The van der Waals surface area contributed by atoms with Crippen LogP contribution in [0.5, 0.6) is 0 Å². The Kier molecular flexibility index (Phi) is 5.02. The third-order valence-electron chi connectivity index (χ3n) is 2.45. The zero-order valence-corrected chi connectivity index (χ0v) is 9.21. The van der Waals surface area contributed by atoms with Crippen LogP contribution in [0.3, 0.4) is 0 Å². The maximum Gasteiger partial charge on any atom is 0.0413 e. The van der Waals surface area contributed by atoms with Gasteiger partial charge < -0.3 is 4.90 Å². The highest BCUT2D eigenvalue weighted by Crippen LogP contribution is 2.24. The molecule has 0 spiro atoms. The second kappa shape index (κ2) is 6.54. The molecule has 0 saturated heterocycles. The van der Waals surface area contributed by atoms with E-state index in [1.165, 1.54) is 11.4 Å². The van der Waals surface area contributed by atoms with Crippen LogP contribution in [0.15, 0.2) is 73.3 Å². The summed E-state index contributed by atoms with van der Waals surface area (Å²) >= 11 is 0. The Hall–Kier alpha value is -2.02. The van der Waals surface area contributed by atoms with E-state index < -0.39 is 0 Å². The number of anilines is 2. The quantitative estimate of drug-likeness (QED) is 0.685. The first-order valence-electron chi connectivity index (χ1n) is 5.40. The van der Waals surface area contributed by atoms with Gasteiger partial charge in [0.05, 0.1) is 0 Å². The predicted octanol–water partition coefficient (Wildman–Crippen LogP) is 4.65. The molecule has 0 aliphatic heterocycles. The molecule has 2 rings (SSSR count). The van der Waals surface area contributed by atoms with E-state index in [2.05, 4.69) is 35.7 Å². The van der Waals surface area contributed by atoms with Crippen molar-refractivity contribution >= 4 is 11.4 Å². The minimum atomic E-state index is 0. The van der Waals surface area contributed by atoms with Crippen molar-refractivity contribution in [3.63, 3.8) is 0 Å². The minimum Gasteiger partial charge on any atom is -0.338 e. The van der Waals surface area contributed by atoms with E-state index in [4.69, 9.17) is 0 Å². The molecule has 0 atom stereocenters. The van der Waals surface area contributed by atoms with E-state index in [9.17, 15) is 0 Å². The Labute approximate surface area is 104 Å². The molecule has 0 N–H and O–H groups in total. The standard InChI is InChI=1S/C15H15N.CH4/c1-2-13-16(14-9-5-3-6-10-14)15-11-7-4-8-12-15;/h2-12H,1,13H2;1H4. The molecule has 0 saturated carbocycles. The van der Waals surface area contributed by atoms with Crippen molar-refractivity contribution < 1.29 is 0 Å². The van der Waals surface area contributed by atoms with Crippen molar-refractivity contribution in [2.45, 2.75) is 7.43 Å². The summed E-state index contributed by atoms with van der Waals surface area (Å²) in [6.07, 6.45) is 1.92. The summed E-state index contributed by atoms with van der Waals surface area (Å²) < 4.78 is 0. The van der Waals surface area contributed by atoms with E-state index in [1.54, 1.807) is 0 Å². The number of nitrogens with zero attached hydrogens (tertiary/aromatic N) is 1. The SMILES string of the molecule is C.C=CCN(c1ccccc1)c1ccccc1. The van der Waals surface area contributed by atoms with Crippen LogP contribution < -0.4 is 4.90 Å². The van der Waals surface area contributed by atoms with Gasteiger partial charge in [-0.3, -0.25) is 0 Å². The summed E-state index contributed by atoms with van der Waals surface area (Å²) in [7, 11) is 0. The summed E-state index contributed by atoms with van der Waals surface area (Å²) in [5, 5.41) is 0. The molecule has 0 radical (unpaired) electrons. The Balaban J connectivity index is 0.00000144. The van der Waals surface area contributed by atoms with Crippen molar-refractivity contribution in [2.24, 2.45) is 0 Å². The van der Waals surface area contributed by atoms with E-state index in [0.29, 0.717) is 0 Å². The molecule has 0 amide bonds. The van der Waals surface area contributed by atoms with Gasteiger partial charge >= 0.3 is 0 Å². The number of hydrogen-bond acceptors (Lipinski definition) is 1. The first-order valence-corrected chi connectivity index (χ1v) is 5.40. The van der Waals surface area contributed by atoms with Gasteiger partial charge in [0.25, 0.3) is 0 Å². The molecule has 0 fully saturated rings. The number of rotatable bonds is 4. The first-order chi connectivity index (χ1) is 7.92. The summed E-state index contributed by atoms with van der Waals surface area (Å²) in [6, 6.07) is 20.7. The van der Waals surface area contributed by atoms with Crippen molar-refractivity contribution in [3.8, 4) is 0 Å². The molecule has 2 aromatic carbocycles. The fraction of sp³-hybridized carbons (Fsp3) is 0.125. The van der Waals surface area contributed by atoms with E-state index in [1.807, 2.05) is 42.5 Å². The van der Waals surface area contributed by atoms with Gasteiger partial charge in [-0.25, -0.2) is 0 Å². The molecule has 1 nitrogen and oxygen atoms in total. The molecule has 0 aromatic heterocycles. The minimum absolute atomic E-state index is 0. The van der Waals surface area contributed by atoms with Gasteiger partial charge in [-0.2, -0.15) is 0 Å². The zero-order valence-electron chi connectivity index (χ0n) is 9.21. The monoisotopic (exact) mass is 225 g/mol. The highest BCUT2D eigenvalue weighted by molar-refractivity contribution is 5.63. The van der Waals surface area contributed by atoms with Crippen molar-refractivity contribution in [1.82, 2.24) is 0 Å². The average molecular weight is 225 g/mol. The van der Waals surface area contributed by atoms with E-state index in [0.717, 1.165) is 6.54 Å². The Morgan fingerprint density at radius 3 is 1.59 bits per heavy atom. The van der Waals surface area contributed by atoms with Crippen LogP contribution in [0.4, 0.5) is 11.4 Å². The molecule has 0 aliphatic carbocycles. The summed E-state index contributed by atoms with van der Waals surface area (Å²) in [6.45, 7) is 4.62. The van der Waals surface area contributed by atoms with Gasteiger partial charge in [0.1, 0.15) is 0 Å². The van der Waals surface area contributed by atoms with Gasteiger partial charge in [0.15, 0.2) is 0 Å². The maximum atomic E-state index is 3.81. The molecule has 17 heavy (non-hydrogen) atoms. The van der Waals surface area contributed by atoms with Crippen LogP contribution >= 0.6 is 0 Å².